The van der Waals surface area contributed by atoms with Gasteiger partial charge in [0.05, 0.1) is 23.0 Å². The van der Waals surface area contributed by atoms with Gasteiger partial charge < -0.3 is 4.74 Å². The smallest absolute Gasteiger partial charge is 0.269 e. The molecular weight excluding hydrogens is 494 g/mol. The number of rotatable bonds is 10. The third kappa shape index (κ3) is 6.35. The zero-order valence-corrected chi connectivity index (χ0v) is 20.9. The van der Waals surface area contributed by atoms with Crippen LogP contribution in [0.3, 0.4) is 0 Å². The molecule has 2 aromatic heterocycles. The predicted molar refractivity (Wildman–Crippen MR) is 140 cm³/mol. The molecule has 2 heterocycles. The second kappa shape index (κ2) is 11.9. The first-order valence-electron chi connectivity index (χ1n) is 11.3. The molecule has 37 heavy (non-hydrogen) atoms. The molecule has 0 fully saturated rings. The number of carbonyl (C=O) groups is 1. The summed E-state index contributed by atoms with van der Waals surface area (Å²) in [5.41, 5.74) is 5.27. The summed E-state index contributed by atoms with van der Waals surface area (Å²) >= 11 is 1.21. The van der Waals surface area contributed by atoms with Crippen molar-refractivity contribution in [3.8, 4) is 22.8 Å². The SMILES string of the molecule is CCOc1ccc(-n2c(SCC(=O)N/N=C(/C)c3ccc([N+](=O)[O-])cc3)nnc2-c2cccnc2)cc1. The van der Waals surface area contributed by atoms with Gasteiger partial charge in [-0.05, 0) is 67.9 Å². The molecule has 0 aliphatic rings. The van der Waals surface area contributed by atoms with Crippen LogP contribution in [0.5, 0.6) is 5.75 Å². The van der Waals surface area contributed by atoms with Gasteiger partial charge in [-0.1, -0.05) is 11.8 Å². The first-order chi connectivity index (χ1) is 18.0. The van der Waals surface area contributed by atoms with Crippen molar-refractivity contribution in [3.05, 3.63) is 88.7 Å². The summed E-state index contributed by atoms with van der Waals surface area (Å²) in [5, 5.41) is 24.1. The lowest BCUT2D eigenvalue weighted by atomic mass is 10.1. The van der Waals surface area contributed by atoms with Crippen molar-refractivity contribution < 1.29 is 14.5 Å². The average molecular weight is 518 g/mol. The zero-order chi connectivity index (χ0) is 26.2. The van der Waals surface area contributed by atoms with Crippen molar-refractivity contribution in [1.82, 2.24) is 25.2 Å². The van der Waals surface area contributed by atoms with E-state index in [0.717, 1.165) is 17.0 Å². The van der Waals surface area contributed by atoms with Gasteiger partial charge in [0.25, 0.3) is 11.6 Å². The van der Waals surface area contributed by atoms with Gasteiger partial charge in [-0.15, -0.1) is 10.2 Å². The second-order valence-electron chi connectivity index (χ2n) is 7.64. The number of nitrogens with zero attached hydrogens (tertiary/aromatic N) is 6. The predicted octanol–water partition coefficient (Wildman–Crippen LogP) is 4.27. The molecule has 0 aliphatic carbocycles. The molecule has 2 aromatic carbocycles. The van der Waals surface area contributed by atoms with Crippen LogP contribution in [0.25, 0.3) is 17.1 Å². The maximum atomic E-state index is 12.5. The highest BCUT2D eigenvalue weighted by Gasteiger charge is 2.18. The van der Waals surface area contributed by atoms with E-state index in [-0.39, 0.29) is 17.3 Å². The van der Waals surface area contributed by atoms with Crippen LogP contribution < -0.4 is 10.2 Å². The molecule has 4 aromatic rings. The molecule has 0 atom stereocenters. The molecular formula is C25H23N7O4S. The summed E-state index contributed by atoms with van der Waals surface area (Å²) < 4.78 is 7.40. The lowest BCUT2D eigenvalue weighted by Gasteiger charge is -2.11. The highest BCUT2D eigenvalue weighted by atomic mass is 32.2. The fourth-order valence-corrected chi connectivity index (χ4v) is 4.08. The van der Waals surface area contributed by atoms with E-state index in [0.29, 0.717) is 28.9 Å². The van der Waals surface area contributed by atoms with Crippen LogP contribution >= 0.6 is 11.8 Å². The summed E-state index contributed by atoms with van der Waals surface area (Å²) in [5.74, 6) is 1.04. The fraction of sp³-hybridized carbons (Fsp3) is 0.160. The molecule has 1 amide bonds. The maximum absolute atomic E-state index is 12.5. The number of hydrogen-bond donors (Lipinski definition) is 1. The fourth-order valence-electron chi connectivity index (χ4n) is 3.33. The number of nitro groups is 1. The van der Waals surface area contributed by atoms with Crippen LogP contribution in [-0.2, 0) is 4.79 Å². The first kappa shape index (κ1) is 25.5. The number of benzene rings is 2. The average Bonchev–Trinajstić information content (AvgIpc) is 3.35. The van der Waals surface area contributed by atoms with Crippen LogP contribution in [-0.4, -0.2) is 48.7 Å². The molecule has 0 saturated carbocycles. The van der Waals surface area contributed by atoms with E-state index in [1.165, 1.54) is 23.9 Å². The van der Waals surface area contributed by atoms with E-state index in [4.69, 9.17) is 4.74 Å². The van der Waals surface area contributed by atoms with Gasteiger partial charge in [-0.3, -0.25) is 24.5 Å². The van der Waals surface area contributed by atoms with Crippen molar-refractivity contribution in [2.45, 2.75) is 19.0 Å². The Hall–Kier alpha value is -4.58. The largest absolute Gasteiger partial charge is 0.494 e. The molecule has 11 nitrogen and oxygen atoms in total. The molecule has 12 heteroatoms. The zero-order valence-electron chi connectivity index (χ0n) is 20.1. The summed E-state index contributed by atoms with van der Waals surface area (Å²) in [6, 6.07) is 17.2. The number of hydrazone groups is 1. The molecule has 0 radical (unpaired) electrons. The van der Waals surface area contributed by atoms with E-state index in [1.54, 1.807) is 31.5 Å². The number of pyridine rings is 1. The Labute approximate surface area is 216 Å². The minimum absolute atomic E-state index is 0.0146. The minimum atomic E-state index is -0.471. The van der Waals surface area contributed by atoms with Crippen molar-refractivity contribution >= 4 is 29.1 Å². The number of nitro benzene ring substituents is 1. The van der Waals surface area contributed by atoms with Crippen LogP contribution in [0.4, 0.5) is 5.69 Å². The van der Waals surface area contributed by atoms with E-state index < -0.39 is 4.92 Å². The quantitative estimate of drug-likeness (QED) is 0.142. The summed E-state index contributed by atoms with van der Waals surface area (Å²) in [6.07, 6.45) is 3.38. The van der Waals surface area contributed by atoms with Crippen LogP contribution in [0.1, 0.15) is 19.4 Å². The van der Waals surface area contributed by atoms with E-state index in [9.17, 15) is 14.9 Å². The molecule has 188 valence electrons. The Bertz CT molecular complexity index is 1410. The molecule has 4 rings (SSSR count). The van der Waals surface area contributed by atoms with Crippen molar-refractivity contribution in [2.24, 2.45) is 5.10 Å². The van der Waals surface area contributed by atoms with E-state index >= 15 is 0 Å². The standard InChI is InChI=1S/C25H23N7O4S/c1-3-36-22-12-10-20(11-13-22)31-24(19-5-4-14-26-15-19)29-30-25(31)37-16-23(33)28-27-17(2)18-6-8-21(9-7-18)32(34)35/h4-15H,3,16H2,1-2H3,(H,28,33)/b27-17-. The number of carbonyl (C=O) groups excluding carboxylic acids is 1. The Morgan fingerprint density at radius 1 is 1.14 bits per heavy atom. The number of ether oxygens (including phenoxy) is 1. The van der Waals surface area contributed by atoms with E-state index in [1.807, 2.05) is 47.9 Å². The number of nitrogens with one attached hydrogen (secondary N) is 1. The maximum Gasteiger partial charge on any atom is 0.269 e. The Kier molecular flexibility index (Phi) is 8.21. The molecule has 0 saturated heterocycles. The number of amides is 1. The molecule has 0 unspecified atom stereocenters. The van der Waals surface area contributed by atoms with Gasteiger partial charge in [0, 0.05) is 35.8 Å². The Balaban J connectivity index is 1.49. The second-order valence-corrected chi connectivity index (χ2v) is 8.58. The number of thioether (sulfide) groups is 1. The Morgan fingerprint density at radius 2 is 1.89 bits per heavy atom. The highest BCUT2D eigenvalue weighted by Crippen LogP contribution is 2.28. The van der Waals surface area contributed by atoms with Gasteiger partial charge in [0.2, 0.25) is 0 Å². The third-order valence-corrected chi connectivity index (χ3v) is 6.06. The van der Waals surface area contributed by atoms with Crippen molar-refractivity contribution in [1.29, 1.82) is 0 Å². The van der Waals surface area contributed by atoms with Gasteiger partial charge in [0.1, 0.15) is 5.75 Å². The summed E-state index contributed by atoms with van der Waals surface area (Å²) in [7, 11) is 0. The van der Waals surface area contributed by atoms with Gasteiger partial charge in [-0.2, -0.15) is 5.10 Å². The normalized spacial score (nSPS) is 11.2. The van der Waals surface area contributed by atoms with Gasteiger partial charge in [-0.25, -0.2) is 5.43 Å². The monoisotopic (exact) mass is 517 g/mol. The summed E-state index contributed by atoms with van der Waals surface area (Å²) in [6.45, 7) is 4.19. The molecule has 0 bridgehead atoms. The third-order valence-electron chi connectivity index (χ3n) is 5.14. The van der Waals surface area contributed by atoms with Gasteiger partial charge >= 0.3 is 0 Å². The van der Waals surface area contributed by atoms with Crippen molar-refractivity contribution in [2.75, 3.05) is 12.4 Å². The molecule has 1 N–H and O–H groups in total. The number of non-ortho nitro benzene ring substituents is 1. The van der Waals surface area contributed by atoms with Crippen LogP contribution in [0.15, 0.2) is 83.3 Å². The van der Waals surface area contributed by atoms with Gasteiger partial charge in [0.15, 0.2) is 11.0 Å². The lowest BCUT2D eigenvalue weighted by molar-refractivity contribution is -0.384. The van der Waals surface area contributed by atoms with Crippen LogP contribution in [0, 0.1) is 10.1 Å². The lowest BCUT2D eigenvalue weighted by Crippen LogP contribution is -2.21. The molecule has 0 spiro atoms. The number of hydrogen-bond acceptors (Lipinski definition) is 9. The highest BCUT2D eigenvalue weighted by molar-refractivity contribution is 7.99. The summed E-state index contributed by atoms with van der Waals surface area (Å²) in [4.78, 5) is 27.1. The number of aromatic nitrogens is 4. The molecule has 0 aliphatic heterocycles. The Morgan fingerprint density at radius 3 is 2.54 bits per heavy atom. The van der Waals surface area contributed by atoms with Crippen molar-refractivity contribution in [3.63, 3.8) is 0 Å². The first-order valence-corrected chi connectivity index (χ1v) is 12.2. The minimum Gasteiger partial charge on any atom is -0.494 e. The topological polar surface area (TPSA) is 137 Å². The van der Waals surface area contributed by atoms with Crippen LogP contribution in [0.2, 0.25) is 0 Å². The van der Waals surface area contributed by atoms with E-state index in [2.05, 4.69) is 25.7 Å².